The molecule has 0 aliphatic heterocycles. The number of carbonyl (C=O) groups excluding carboxylic acids is 1. The SMILES string of the molecule is COc1ccc(CNC(=O)NC[C@H](OCCO)c2ccsc2)cc1OC. The summed E-state index contributed by atoms with van der Waals surface area (Å²) < 4.78 is 16.0. The van der Waals surface area contributed by atoms with Crippen LogP contribution in [-0.2, 0) is 11.3 Å². The molecule has 2 rings (SSSR count). The third-order valence-corrected chi connectivity index (χ3v) is 4.38. The van der Waals surface area contributed by atoms with Crippen molar-refractivity contribution in [3.8, 4) is 11.5 Å². The van der Waals surface area contributed by atoms with Crippen molar-refractivity contribution in [1.82, 2.24) is 10.6 Å². The molecule has 3 N–H and O–H groups in total. The summed E-state index contributed by atoms with van der Waals surface area (Å²) in [5.41, 5.74) is 1.87. The first kappa shape index (κ1) is 20.0. The standard InChI is InChI=1S/C18H24N2O5S/c1-23-15-4-3-13(9-16(15)24-2)10-19-18(22)20-11-17(25-7-6-21)14-5-8-26-12-14/h3-5,8-9,12,17,21H,6-7,10-11H2,1-2H3,(H2,19,20,22)/t17-/m0/s1. The smallest absolute Gasteiger partial charge is 0.315 e. The molecule has 0 saturated carbocycles. The molecule has 2 amide bonds. The molecule has 26 heavy (non-hydrogen) atoms. The first-order valence-electron chi connectivity index (χ1n) is 8.15. The van der Waals surface area contributed by atoms with Crippen LogP contribution in [0, 0.1) is 0 Å². The average Bonchev–Trinajstić information content (AvgIpc) is 3.20. The summed E-state index contributed by atoms with van der Waals surface area (Å²) in [6.45, 7) is 0.822. The third kappa shape index (κ3) is 5.91. The summed E-state index contributed by atoms with van der Waals surface area (Å²) in [7, 11) is 3.14. The van der Waals surface area contributed by atoms with Gasteiger partial charge in [-0.15, -0.1) is 0 Å². The predicted octanol–water partition coefficient (Wildman–Crippen LogP) is 2.31. The zero-order chi connectivity index (χ0) is 18.8. The van der Waals surface area contributed by atoms with Crippen molar-refractivity contribution in [2.75, 3.05) is 34.0 Å². The highest BCUT2D eigenvalue weighted by molar-refractivity contribution is 7.07. The van der Waals surface area contributed by atoms with E-state index in [1.165, 1.54) is 0 Å². The number of aliphatic hydroxyl groups excluding tert-OH is 1. The Kier molecular flexibility index (Phi) is 8.20. The fraction of sp³-hybridized carbons (Fsp3) is 0.389. The highest BCUT2D eigenvalue weighted by atomic mass is 32.1. The van der Waals surface area contributed by atoms with Gasteiger partial charge >= 0.3 is 6.03 Å². The second-order valence-corrected chi connectivity index (χ2v) is 6.17. The molecule has 2 aromatic rings. The maximum absolute atomic E-state index is 12.1. The zero-order valence-corrected chi connectivity index (χ0v) is 15.7. The molecule has 0 unspecified atom stereocenters. The molecule has 0 spiro atoms. The van der Waals surface area contributed by atoms with Crippen LogP contribution in [0.5, 0.6) is 11.5 Å². The normalized spacial score (nSPS) is 11.7. The van der Waals surface area contributed by atoms with Crippen LogP contribution in [0.15, 0.2) is 35.0 Å². The molecule has 1 aromatic heterocycles. The van der Waals surface area contributed by atoms with Gasteiger partial charge in [0.05, 0.1) is 27.4 Å². The number of aliphatic hydroxyl groups is 1. The number of rotatable bonds is 10. The number of hydrogen-bond donors (Lipinski definition) is 3. The Bertz CT molecular complexity index is 678. The molecule has 0 fully saturated rings. The summed E-state index contributed by atoms with van der Waals surface area (Å²) in [5.74, 6) is 1.25. The van der Waals surface area contributed by atoms with Crippen molar-refractivity contribution < 1.29 is 24.1 Å². The molecule has 0 radical (unpaired) electrons. The molecular formula is C18H24N2O5S. The van der Waals surface area contributed by atoms with E-state index in [1.807, 2.05) is 29.0 Å². The lowest BCUT2D eigenvalue weighted by Crippen LogP contribution is -2.38. The minimum Gasteiger partial charge on any atom is -0.493 e. The van der Waals surface area contributed by atoms with Gasteiger partial charge in [0, 0.05) is 13.1 Å². The minimum atomic E-state index is -0.299. The van der Waals surface area contributed by atoms with E-state index in [-0.39, 0.29) is 25.3 Å². The first-order valence-corrected chi connectivity index (χ1v) is 9.09. The van der Waals surface area contributed by atoms with Gasteiger partial charge in [-0.1, -0.05) is 6.07 Å². The van der Waals surface area contributed by atoms with Crippen LogP contribution in [0.2, 0.25) is 0 Å². The number of methoxy groups -OCH3 is 2. The number of carbonyl (C=O) groups is 1. The molecule has 0 bridgehead atoms. The van der Waals surface area contributed by atoms with Crippen molar-refractivity contribution in [1.29, 1.82) is 0 Å². The van der Waals surface area contributed by atoms with Crippen LogP contribution < -0.4 is 20.1 Å². The van der Waals surface area contributed by atoms with Gasteiger partial charge in [0.25, 0.3) is 0 Å². The maximum atomic E-state index is 12.1. The van der Waals surface area contributed by atoms with Crippen molar-refractivity contribution >= 4 is 17.4 Å². The number of thiophene rings is 1. The second kappa shape index (κ2) is 10.6. The van der Waals surface area contributed by atoms with Gasteiger partial charge in [0.1, 0.15) is 6.10 Å². The first-order chi connectivity index (χ1) is 12.7. The summed E-state index contributed by atoms with van der Waals surface area (Å²) in [5, 5.41) is 18.4. The van der Waals surface area contributed by atoms with Crippen LogP contribution in [0.25, 0.3) is 0 Å². The van der Waals surface area contributed by atoms with E-state index < -0.39 is 0 Å². The number of urea groups is 1. The molecule has 0 aliphatic carbocycles. The zero-order valence-electron chi connectivity index (χ0n) is 14.9. The van der Waals surface area contributed by atoms with Gasteiger partial charge in [-0.25, -0.2) is 4.79 Å². The number of amides is 2. The van der Waals surface area contributed by atoms with E-state index in [1.54, 1.807) is 31.6 Å². The minimum absolute atomic E-state index is 0.0634. The topological polar surface area (TPSA) is 89.1 Å². The van der Waals surface area contributed by atoms with Crippen molar-refractivity contribution in [3.63, 3.8) is 0 Å². The second-order valence-electron chi connectivity index (χ2n) is 5.39. The van der Waals surface area contributed by atoms with E-state index in [0.29, 0.717) is 24.6 Å². The molecular weight excluding hydrogens is 356 g/mol. The van der Waals surface area contributed by atoms with Crippen molar-refractivity contribution in [2.24, 2.45) is 0 Å². The molecule has 1 aromatic carbocycles. The Morgan fingerprint density at radius 2 is 2.00 bits per heavy atom. The van der Waals surface area contributed by atoms with Crippen molar-refractivity contribution in [3.05, 3.63) is 46.2 Å². The van der Waals surface area contributed by atoms with Gasteiger partial charge in [-0.3, -0.25) is 0 Å². The Labute approximate surface area is 156 Å². The van der Waals surface area contributed by atoms with Crippen LogP contribution >= 0.6 is 11.3 Å². The van der Waals surface area contributed by atoms with Gasteiger partial charge in [-0.2, -0.15) is 11.3 Å². The quantitative estimate of drug-likeness (QED) is 0.589. The van der Waals surface area contributed by atoms with Gasteiger partial charge in [0.2, 0.25) is 0 Å². The van der Waals surface area contributed by atoms with Gasteiger partial charge in [0.15, 0.2) is 11.5 Å². The Balaban J connectivity index is 1.84. The van der Waals surface area contributed by atoms with E-state index in [9.17, 15) is 4.79 Å². The molecule has 0 saturated heterocycles. The summed E-state index contributed by atoms with van der Waals surface area (Å²) in [4.78, 5) is 12.1. The molecule has 7 nitrogen and oxygen atoms in total. The summed E-state index contributed by atoms with van der Waals surface area (Å²) in [6.07, 6.45) is -0.291. The number of nitrogens with one attached hydrogen (secondary N) is 2. The largest absolute Gasteiger partial charge is 0.493 e. The lowest BCUT2D eigenvalue weighted by atomic mass is 10.2. The van der Waals surface area contributed by atoms with Gasteiger partial charge in [-0.05, 0) is 40.1 Å². The van der Waals surface area contributed by atoms with Crippen LogP contribution in [0.1, 0.15) is 17.2 Å². The Morgan fingerprint density at radius 1 is 1.19 bits per heavy atom. The average molecular weight is 380 g/mol. The molecule has 8 heteroatoms. The lowest BCUT2D eigenvalue weighted by molar-refractivity contribution is 0.0297. The molecule has 0 aliphatic rings. The van der Waals surface area contributed by atoms with Gasteiger partial charge < -0.3 is 30.0 Å². The predicted molar refractivity (Wildman–Crippen MR) is 99.9 cm³/mol. The summed E-state index contributed by atoms with van der Waals surface area (Å²) >= 11 is 1.56. The lowest BCUT2D eigenvalue weighted by Gasteiger charge is -2.17. The fourth-order valence-electron chi connectivity index (χ4n) is 2.35. The van der Waals surface area contributed by atoms with Crippen LogP contribution in [0.4, 0.5) is 4.79 Å². The van der Waals surface area contributed by atoms with E-state index in [0.717, 1.165) is 11.1 Å². The maximum Gasteiger partial charge on any atom is 0.315 e. The highest BCUT2D eigenvalue weighted by Gasteiger charge is 2.14. The van der Waals surface area contributed by atoms with Crippen LogP contribution in [0.3, 0.4) is 0 Å². The van der Waals surface area contributed by atoms with E-state index in [4.69, 9.17) is 19.3 Å². The third-order valence-electron chi connectivity index (χ3n) is 3.67. The van der Waals surface area contributed by atoms with E-state index >= 15 is 0 Å². The molecule has 1 atom stereocenters. The monoisotopic (exact) mass is 380 g/mol. The Morgan fingerprint density at radius 3 is 2.65 bits per heavy atom. The highest BCUT2D eigenvalue weighted by Crippen LogP contribution is 2.27. The number of ether oxygens (including phenoxy) is 3. The number of benzene rings is 1. The van der Waals surface area contributed by atoms with E-state index in [2.05, 4.69) is 10.6 Å². The van der Waals surface area contributed by atoms with Crippen LogP contribution in [-0.4, -0.2) is 45.1 Å². The van der Waals surface area contributed by atoms with Crippen molar-refractivity contribution in [2.45, 2.75) is 12.6 Å². The fourth-order valence-corrected chi connectivity index (χ4v) is 3.05. The number of hydrogen-bond acceptors (Lipinski definition) is 6. The Hall–Kier alpha value is -2.29. The summed E-state index contributed by atoms with van der Waals surface area (Å²) in [6, 6.07) is 7.11. The molecule has 142 valence electrons. The molecule has 1 heterocycles.